The van der Waals surface area contributed by atoms with Crippen LogP contribution >= 0.6 is 74.5 Å². The topological polar surface area (TPSA) is 6.48 Å². The Balaban J connectivity index is 2.62. The predicted octanol–water partition coefficient (Wildman–Crippen LogP) is 5.18. The summed E-state index contributed by atoms with van der Waals surface area (Å²) in [6.45, 7) is 0. The van der Waals surface area contributed by atoms with Crippen LogP contribution in [0.1, 0.15) is 0 Å². The van der Waals surface area contributed by atoms with Crippen LogP contribution in [0.3, 0.4) is 0 Å². The van der Waals surface area contributed by atoms with E-state index in [0.717, 1.165) is 5.30 Å². The summed E-state index contributed by atoms with van der Waals surface area (Å²) in [5.74, 6) is 0. The summed E-state index contributed by atoms with van der Waals surface area (Å²) in [7, 11) is 3.48. The third-order valence-corrected chi connectivity index (χ3v) is 12.8. The van der Waals surface area contributed by atoms with Crippen molar-refractivity contribution in [1.82, 2.24) is 9.34 Å². The van der Waals surface area contributed by atoms with Crippen molar-refractivity contribution in [1.29, 1.82) is 0 Å². The number of alkyl halides is 4. The molecule has 0 radical (unpaired) electrons. The van der Waals surface area contributed by atoms with E-state index in [9.17, 15) is 0 Å². The summed E-state index contributed by atoms with van der Waals surface area (Å²) in [4.78, 5) is 0. The van der Waals surface area contributed by atoms with E-state index >= 15 is 0 Å². The molecular weight excluding hydrogens is 404 g/mol. The molecule has 0 saturated carbocycles. The third-order valence-electron chi connectivity index (χ3n) is 3.61. The number of likely N-dealkylation sites (N-methyl/N-ethyl adjacent to an activating group) is 2. The van der Waals surface area contributed by atoms with Crippen LogP contribution in [0.4, 0.5) is 0 Å². The average Bonchev–Trinajstić information content (AvgIpc) is 2.50. The summed E-state index contributed by atoms with van der Waals surface area (Å²) in [5.41, 5.74) is -4.30. The van der Waals surface area contributed by atoms with Crippen LogP contribution in [-0.4, -0.2) is 38.8 Å². The zero-order chi connectivity index (χ0) is 15.4. The number of benzene rings is 1. The number of rotatable bonds is 1. The second kappa shape index (κ2) is 5.44. The van der Waals surface area contributed by atoms with Crippen LogP contribution in [0.15, 0.2) is 30.3 Å². The number of hydrogen-bond donors (Lipinski definition) is 0. The Hall–Kier alpha value is 1.31. The number of halogens is 6. The molecule has 0 bridgehead atoms. The standard InChI is InChI=1S/C11H13Cl6N2P/c1-18-9(11(13,14)15)10(12)19(2)20(18,16,17)8-6-4-3-5-7-8/h3-7,9-10H,1-2H3. The van der Waals surface area contributed by atoms with E-state index in [1.54, 1.807) is 23.4 Å². The molecule has 0 aliphatic carbocycles. The van der Waals surface area contributed by atoms with E-state index in [1.807, 2.05) is 30.3 Å². The maximum atomic E-state index is 6.94. The molecule has 0 N–H and O–H groups in total. The second-order valence-corrected chi connectivity index (χ2v) is 15.3. The van der Waals surface area contributed by atoms with Crippen molar-refractivity contribution in [2.24, 2.45) is 0 Å². The quantitative estimate of drug-likeness (QED) is 0.353. The van der Waals surface area contributed by atoms with Crippen LogP contribution in [0.2, 0.25) is 0 Å². The van der Waals surface area contributed by atoms with E-state index in [1.165, 1.54) is 0 Å². The van der Waals surface area contributed by atoms with Crippen LogP contribution in [-0.2, 0) is 0 Å². The summed E-state index contributed by atoms with van der Waals surface area (Å²) in [6.07, 6.45) is 0. The van der Waals surface area contributed by atoms with Crippen LogP contribution in [0.25, 0.3) is 0 Å². The van der Waals surface area contributed by atoms with Crippen molar-refractivity contribution in [2.45, 2.75) is 15.3 Å². The summed E-state index contributed by atoms with van der Waals surface area (Å²) >= 11 is 38.5. The predicted molar refractivity (Wildman–Crippen MR) is 93.9 cm³/mol. The Labute approximate surface area is 148 Å². The average molecular weight is 417 g/mol. The van der Waals surface area contributed by atoms with Crippen LogP contribution in [0, 0.1) is 0 Å². The second-order valence-electron chi connectivity index (χ2n) is 4.67. The van der Waals surface area contributed by atoms with Gasteiger partial charge >= 0.3 is 149 Å². The zero-order valence-corrected chi connectivity index (χ0v) is 16.1. The molecule has 1 aromatic carbocycles. The van der Waals surface area contributed by atoms with Crippen molar-refractivity contribution >= 4 is 79.8 Å². The van der Waals surface area contributed by atoms with Crippen molar-refractivity contribution < 1.29 is 0 Å². The van der Waals surface area contributed by atoms with Crippen molar-refractivity contribution in [2.75, 3.05) is 14.1 Å². The van der Waals surface area contributed by atoms with Gasteiger partial charge in [0.1, 0.15) is 0 Å². The van der Waals surface area contributed by atoms with Gasteiger partial charge in [-0.2, -0.15) is 0 Å². The Morgan fingerprint density at radius 2 is 1.50 bits per heavy atom. The molecule has 20 heavy (non-hydrogen) atoms. The van der Waals surface area contributed by atoms with Gasteiger partial charge in [0.2, 0.25) is 0 Å². The first kappa shape index (κ1) is 17.7. The zero-order valence-electron chi connectivity index (χ0n) is 10.7. The van der Waals surface area contributed by atoms with Crippen molar-refractivity contribution in [3.05, 3.63) is 30.3 Å². The fourth-order valence-electron chi connectivity index (χ4n) is 2.41. The normalized spacial score (nSPS) is 32.7. The van der Waals surface area contributed by atoms with E-state index < -0.39 is 20.9 Å². The van der Waals surface area contributed by atoms with E-state index in [0.29, 0.717) is 0 Å². The van der Waals surface area contributed by atoms with Gasteiger partial charge in [0.05, 0.1) is 0 Å². The van der Waals surface area contributed by atoms with E-state index in [4.69, 9.17) is 68.9 Å². The van der Waals surface area contributed by atoms with Crippen molar-refractivity contribution in [3.63, 3.8) is 0 Å². The molecule has 1 aliphatic rings. The summed E-state index contributed by atoms with van der Waals surface area (Å²) in [6, 6.07) is 8.69. The van der Waals surface area contributed by atoms with Crippen LogP contribution < -0.4 is 5.30 Å². The van der Waals surface area contributed by atoms with Gasteiger partial charge in [-0.3, -0.25) is 0 Å². The molecule has 1 heterocycles. The minimum absolute atomic E-state index is 0.625. The molecule has 1 fully saturated rings. The third kappa shape index (κ3) is 2.46. The molecule has 2 unspecified atom stereocenters. The fourth-order valence-corrected chi connectivity index (χ4v) is 9.69. The molecule has 2 nitrogen and oxygen atoms in total. The molecule has 1 saturated heterocycles. The van der Waals surface area contributed by atoms with Gasteiger partial charge in [-0.15, -0.1) is 0 Å². The first-order valence-corrected chi connectivity index (χ1v) is 11.2. The molecule has 0 amide bonds. The van der Waals surface area contributed by atoms with Gasteiger partial charge in [-0.05, 0) is 0 Å². The van der Waals surface area contributed by atoms with Gasteiger partial charge in [0.25, 0.3) is 0 Å². The molecule has 9 heteroatoms. The Morgan fingerprint density at radius 3 is 1.90 bits per heavy atom. The van der Waals surface area contributed by atoms with Crippen LogP contribution in [0.5, 0.6) is 0 Å². The molecular formula is C11H13Cl6N2P. The number of nitrogens with zero attached hydrogens (tertiary/aromatic N) is 2. The molecule has 0 spiro atoms. The first-order valence-electron chi connectivity index (χ1n) is 5.69. The number of hydrogen-bond acceptors (Lipinski definition) is 2. The maximum absolute atomic E-state index is 6.94. The van der Waals surface area contributed by atoms with E-state index in [-0.39, 0.29) is 0 Å². The van der Waals surface area contributed by atoms with Gasteiger partial charge in [0.15, 0.2) is 0 Å². The Kier molecular flexibility index (Phi) is 4.80. The van der Waals surface area contributed by atoms with Crippen molar-refractivity contribution in [3.8, 4) is 0 Å². The Bertz CT molecular complexity index is 505. The molecule has 0 aromatic heterocycles. The SMILES string of the molecule is CN1C(Cl)C(C(Cl)(Cl)Cl)N(C)P1(Cl)(Cl)c1ccccc1. The molecule has 2 atom stereocenters. The monoisotopic (exact) mass is 414 g/mol. The minimum atomic E-state index is -3.67. The summed E-state index contributed by atoms with van der Waals surface area (Å²) in [5, 5.41) is 0.759. The Morgan fingerprint density at radius 1 is 1.00 bits per heavy atom. The van der Waals surface area contributed by atoms with Gasteiger partial charge in [-0.1, -0.05) is 0 Å². The molecule has 2 rings (SSSR count). The fraction of sp³-hybridized carbons (Fsp3) is 0.455. The molecule has 1 aliphatic heterocycles. The summed E-state index contributed by atoms with van der Waals surface area (Å²) < 4.78 is 1.81. The van der Waals surface area contributed by atoms with E-state index in [2.05, 4.69) is 0 Å². The molecule has 114 valence electrons. The van der Waals surface area contributed by atoms with Gasteiger partial charge < -0.3 is 0 Å². The van der Waals surface area contributed by atoms with Gasteiger partial charge in [-0.25, -0.2) is 0 Å². The molecule has 1 aromatic rings. The van der Waals surface area contributed by atoms with Gasteiger partial charge in [0, 0.05) is 0 Å². The first-order chi connectivity index (χ1) is 9.01.